The van der Waals surface area contributed by atoms with Gasteiger partial charge in [0.1, 0.15) is 0 Å². The zero-order valence-corrected chi connectivity index (χ0v) is 8.76. The van der Waals surface area contributed by atoms with E-state index in [0.717, 1.165) is 5.56 Å². The molecule has 1 aliphatic rings. The normalized spacial score (nSPS) is 14.2. The highest BCUT2D eigenvalue weighted by molar-refractivity contribution is 6.10. The van der Waals surface area contributed by atoms with Crippen molar-refractivity contribution in [2.75, 3.05) is 11.9 Å². The average Bonchev–Trinajstić information content (AvgIpc) is 2.40. The minimum Gasteiger partial charge on any atom is -0.343 e. The van der Waals surface area contributed by atoms with E-state index in [9.17, 15) is 9.59 Å². The molecule has 0 radical (unpaired) electrons. The van der Waals surface area contributed by atoms with E-state index in [1.807, 2.05) is 0 Å². The second-order valence-corrected chi connectivity index (χ2v) is 3.56. The van der Waals surface area contributed by atoms with Gasteiger partial charge in [0, 0.05) is 5.56 Å². The summed E-state index contributed by atoms with van der Waals surface area (Å²) in [6.07, 6.45) is 5.33. The third-order valence-electron chi connectivity index (χ3n) is 2.47. The summed E-state index contributed by atoms with van der Waals surface area (Å²) in [6.45, 7) is 1.77. The lowest BCUT2D eigenvalue weighted by Gasteiger charge is -2.10. The summed E-state index contributed by atoms with van der Waals surface area (Å²) in [5, 5.41) is 5.17. The molecular formula is C12H10N2O2. The lowest BCUT2D eigenvalue weighted by molar-refractivity contribution is -0.115. The third kappa shape index (κ3) is 1.52. The Labute approximate surface area is 93.0 Å². The van der Waals surface area contributed by atoms with Crippen molar-refractivity contribution in [1.82, 2.24) is 5.32 Å². The molecule has 0 atom stereocenters. The predicted molar refractivity (Wildman–Crippen MR) is 60.1 cm³/mol. The number of terminal acetylenes is 1. The molecule has 4 heteroatoms. The number of rotatable bonds is 0. The first-order valence-electron chi connectivity index (χ1n) is 4.81. The molecule has 1 aromatic carbocycles. The molecule has 2 N–H and O–H groups in total. The summed E-state index contributed by atoms with van der Waals surface area (Å²) in [4.78, 5) is 23.1. The van der Waals surface area contributed by atoms with Gasteiger partial charge in [0.15, 0.2) is 0 Å². The van der Waals surface area contributed by atoms with Gasteiger partial charge in [-0.05, 0) is 18.6 Å². The van der Waals surface area contributed by atoms with Crippen molar-refractivity contribution in [2.45, 2.75) is 6.92 Å². The van der Waals surface area contributed by atoms with Crippen LogP contribution >= 0.6 is 0 Å². The topological polar surface area (TPSA) is 58.2 Å². The fourth-order valence-electron chi connectivity index (χ4n) is 1.68. The Morgan fingerprint density at radius 1 is 1.38 bits per heavy atom. The van der Waals surface area contributed by atoms with Crippen molar-refractivity contribution in [3.63, 3.8) is 0 Å². The first-order valence-corrected chi connectivity index (χ1v) is 4.81. The minimum atomic E-state index is -0.275. The molecule has 16 heavy (non-hydrogen) atoms. The number of fused-ring (bicyclic) bond motifs is 1. The average molecular weight is 214 g/mol. The molecule has 0 saturated heterocycles. The molecular weight excluding hydrogens is 204 g/mol. The van der Waals surface area contributed by atoms with Crippen LogP contribution in [-0.2, 0) is 4.79 Å². The monoisotopic (exact) mass is 214 g/mol. The van der Waals surface area contributed by atoms with Crippen LogP contribution in [0.1, 0.15) is 21.5 Å². The largest absolute Gasteiger partial charge is 0.343 e. The van der Waals surface area contributed by atoms with E-state index in [1.54, 1.807) is 19.1 Å². The molecule has 1 aliphatic heterocycles. The van der Waals surface area contributed by atoms with Crippen LogP contribution < -0.4 is 10.6 Å². The van der Waals surface area contributed by atoms with Gasteiger partial charge in [-0.15, -0.1) is 6.42 Å². The molecule has 80 valence electrons. The highest BCUT2D eigenvalue weighted by Crippen LogP contribution is 2.25. The van der Waals surface area contributed by atoms with Crippen LogP contribution in [0.3, 0.4) is 0 Å². The summed E-state index contributed by atoms with van der Waals surface area (Å²) < 4.78 is 0. The van der Waals surface area contributed by atoms with Gasteiger partial charge in [-0.2, -0.15) is 0 Å². The zero-order chi connectivity index (χ0) is 11.7. The van der Waals surface area contributed by atoms with Crippen molar-refractivity contribution in [3.05, 3.63) is 28.8 Å². The quantitative estimate of drug-likeness (QED) is 0.623. The van der Waals surface area contributed by atoms with E-state index in [1.165, 1.54) is 0 Å². The molecule has 0 saturated carbocycles. The standard InChI is InChI=1S/C12H10N2O2/c1-3-8-5-4-7(2)10-11(8)14-9(15)6-13-12(10)16/h1,4-5H,6H2,2H3,(H,13,16)(H,14,15). The summed E-state index contributed by atoms with van der Waals surface area (Å²) in [7, 11) is 0. The number of nitrogens with one attached hydrogen (secondary N) is 2. The number of hydrogen-bond acceptors (Lipinski definition) is 2. The molecule has 0 aromatic heterocycles. The Kier molecular flexibility index (Phi) is 2.37. The van der Waals surface area contributed by atoms with E-state index in [2.05, 4.69) is 16.6 Å². The highest BCUT2D eigenvalue weighted by Gasteiger charge is 2.22. The highest BCUT2D eigenvalue weighted by atomic mass is 16.2. The maximum Gasteiger partial charge on any atom is 0.254 e. The molecule has 2 amide bonds. The summed E-state index contributed by atoms with van der Waals surface area (Å²) in [5.41, 5.74) is 2.18. The first-order chi connectivity index (χ1) is 7.63. The van der Waals surface area contributed by atoms with Crippen LogP contribution in [0.15, 0.2) is 12.1 Å². The van der Waals surface area contributed by atoms with Crippen molar-refractivity contribution in [1.29, 1.82) is 0 Å². The number of hydrogen-bond donors (Lipinski definition) is 2. The second-order valence-electron chi connectivity index (χ2n) is 3.56. The molecule has 2 rings (SSSR count). The molecule has 0 spiro atoms. The molecule has 0 aliphatic carbocycles. The molecule has 0 fully saturated rings. The van der Waals surface area contributed by atoms with Crippen molar-refractivity contribution < 1.29 is 9.59 Å². The number of carbonyl (C=O) groups is 2. The molecule has 1 aromatic rings. The van der Waals surface area contributed by atoms with E-state index < -0.39 is 0 Å². The lowest BCUT2D eigenvalue weighted by atomic mass is 10.0. The van der Waals surface area contributed by atoms with Crippen molar-refractivity contribution >= 4 is 17.5 Å². The first kappa shape index (κ1) is 10.2. The Hall–Kier alpha value is -2.28. The van der Waals surface area contributed by atoms with E-state index in [4.69, 9.17) is 6.42 Å². The molecule has 4 nitrogen and oxygen atoms in total. The number of amides is 2. The van der Waals surface area contributed by atoms with Crippen LogP contribution in [-0.4, -0.2) is 18.4 Å². The van der Waals surface area contributed by atoms with Crippen LogP contribution in [0.5, 0.6) is 0 Å². The van der Waals surface area contributed by atoms with Crippen molar-refractivity contribution in [2.24, 2.45) is 0 Å². The van der Waals surface area contributed by atoms with Gasteiger partial charge in [-0.25, -0.2) is 0 Å². The van der Waals surface area contributed by atoms with Gasteiger partial charge in [0.05, 0.1) is 17.8 Å². The Morgan fingerprint density at radius 2 is 2.12 bits per heavy atom. The molecule has 0 bridgehead atoms. The maximum atomic E-state index is 11.8. The molecule has 0 unspecified atom stereocenters. The Balaban J connectivity index is 2.71. The summed E-state index contributed by atoms with van der Waals surface area (Å²) >= 11 is 0. The molecule has 1 heterocycles. The van der Waals surface area contributed by atoms with Crippen LogP contribution in [0.25, 0.3) is 0 Å². The van der Waals surface area contributed by atoms with Crippen LogP contribution in [0.4, 0.5) is 5.69 Å². The maximum absolute atomic E-state index is 11.8. The van der Waals surface area contributed by atoms with Gasteiger partial charge in [-0.3, -0.25) is 9.59 Å². The van der Waals surface area contributed by atoms with Gasteiger partial charge in [-0.1, -0.05) is 12.0 Å². The third-order valence-corrected chi connectivity index (χ3v) is 2.47. The fourth-order valence-corrected chi connectivity index (χ4v) is 1.68. The Bertz CT molecular complexity index is 527. The summed E-state index contributed by atoms with van der Waals surface area (Å²) in [6, 6.07) is 3.48. The van der Waals surface area contributed by atoms with Gasteiger partial charge in [0.2, 0.25) is 5.91 Å². The summed E-state index contributed by atoms with van der Waals surface area (Å²) in [5.74, 6) is 1.91. The smallest absolute Gasteiger partial charge is 0.254 e. The van der Waals surface area contributed by atoms with Gasteiger partial charge >= 0.3 is 0 Å². The van der Waals surface area contributed by atoms with Gasteiger partial charge < -0.3 is 10.6 Å². The van der Waals surface area contributed by atoms with Crippen LogP contribution in [0, 0.1) is 19.3 Å². The Morgan fingerprint density at radius 3 is 2.81 bits per heavy atom. The minimum absolute atomic E-state index is 0.0308. The number of aryl methyl sites for hydroxylation is 1. The van der Waals surface area contributed by atoms with E-state index in [-0.39, 0.29) is 18.4 Å². The van der Waals surface area contributed by atoms with E-state index in [0.29, 0.717) is 16.8 Å². The van der Waals surface area contributed by atoms with E-state index >= 15 is 0 Å². The lowest BCUT2D eigenvalue weighted by Crippen LogP contribution is -2.28. The fraction of sp³-hybridized carbons (Fsp3) is 0.167. The number of anilines is 1. The second kappa shape index (κ2) is 3.70. The van der Waals surface area contributed by atoms with Crippen molar-refractivity contribution in [3.8, 4) is 12.3 Å². The van der Waals surface area contributed by atoms with Crippen LogP contribution in [0.2, 0.25) is 0 Å². The van der Waals surface area contributed by atoms with Gasteiger partial charge in [0.25, 0.3) is 5.91 Å². The number of benzene rings is 1. The predicted octanol–water partition coefficient (Wildman–Crippen LogP) is 0.658. The zero-order valence-electron chi connectivity index (χ0n) is 8.76. The number of carbonyl (C=O) groups excluding carboxylic acids is 2. The SMILES string of the molecule is C#Cc1ccc(C)c2c1NC(=O)CNC2=O.